The van der Waals surface area contributed by atoms with Crippen molar-refractivity contribution in [2.24, 2.45) is 5.73 Å². The van der Waals surface area contributed by atoms with Gasteiger partial charge in [0.15, 0.2) is 0 Å². The molecule has 0 saturated heterocycles. The lowest BCUT2D eigenvalue weighted by molar-refractivity contribution is 0.475. The Kier molecular flexibility index (Phi) is 2.40. The fraction of sp³-hybridized carbons (Fsp3) is 0.333. The van der Waals surface area contributed by atoms with E-state index in [1.165, 1.54) is 0 Å². The molecule has 0 aliphatic rings. The monoisotopic (exact) mass is 205 g/mol. The van der Waals surface area contributed by atoms with Gasteiger partial charge in [-0.3, -0.25) is 0 Å². The molecule has 3 heteroatoms. The molecular weight excluding hydrogens is 190 g/mol. The number of aryl methyl sites for hydroxylation is 2. The highest BCUT2D eigenvalue weighted by Crippen LogP contribution is 2.29. The normalized spacial score (nSPS) is 13.1. The van der Waals surface area contributed by atoms with Crippen LogP contribution in [0, 0.1) is 20.8 Å². The zero-order valence-corrected chi connectivity index (χ0v) is 9.20. The summed E-state index contributed by atoms with van der Waals surface area (Å²) in [5.74, 6) is 2.56. The van der Waals surface area contributed by atoms with E-state index in [1.807, 2.05) is 32.9 Å². The maximum atomic E-state index is 6.12. The van der Waals surface area contributed by atoms with Crippen molar-refractivity contribution in [3.63, 3.8) is 0 Å². The van der Waals surface area contributed by atoms with Crippen molar-refractivity contribution in [2.75, 3.05) is 0 Å². The van der Waals surface area contributed by atoms with Crippen molar-refractivity contribution >= 4 is 0 Å². The second kappa shape index (κ2) is 3.59. The van der Waals surface area contributed by atoms with Gasteiger partial charge in [0, 0.05) is 5.56 Å². The predicted molar refractivity (Wildman–Crippen MR) is 57.7 cm³/mol. The molecule has 2 heterocycles. The van der Waals surface area contributed by atoms with E-state index in [0.717, 1.165) is 28.4 Å². The minimum atomic E-state index is -0.238. The molecule has 0 fully saturated rings. The molecule has 2 rings (SSSR count). The molecule has 0 aliphatic heterocycles. The molecule has 1 unspecified atom stereocenters. The highest BCUT2D eigenvalue weighted by atomic mass is 16.3. The van der Waals surface area contributed by atoms with Crippen LogP contribution in [-0.4, -0.2) is 0 Å². The molecule has 3 nitrogen and oxygen atoms in total. The predicted octanol–water partition coefficient (Wildman–Crippen LogP) is 2.85. The summed E-state index contributed by atoms with van der Waals surface area (Å²) in [5.41, 5.74) is 8.26. The summed E-state index contributed by atoms with van der Waals surface area (Å²) >= 11 is 0. The molecule has 0 aromatic carbocycles. The first-order chi connectivity index (χ1) is 7.11. The first-order valence-electron chi connectivity index (χ1n) is 4.96. The first-order valence-corrected chi connectivity index (χ1v) is 4.96. The van der Waals surface area contributed by atoms with E-state index < -0.39 is 0 Å². The zero-order chi connectivity index (χ0) is 11.0. The molecule has 0 saturated carbocycles. The summed E-state index contributed by atoms with van der Waals surface area (Å²) in [4.78, 5) is 0. The van der Waals surface area contributed by atoms with Crippen LogP contribution in [0.3, 0.4) is 0 Å². The van der Waals surface area contributed by atoms with E-state index in [-0.39, 0.29) is 6.04 Å². The van der Waals surface area contributed by atoms with Crippen LogP contribution in [-0.2, 0) is 0 Å². The molecule has 0 aliphatic carbocycles. The number of hydrogen-bond donors (Lipinski definition) is 1. The standard InChI is InChI=1S/C12H15NO2/c1-7-8(2)15-9(3)11(7)12(13)10-5-4-6-14-10/h4-6,12H,13H2,1-3H3. The SMILES string of the molecule is Cc1oc(C)c(C(N)c2ccco2)c1C. The van der Waals surface area contributed by atoms with Crippen LogP contribution in [0.15, 0.2) is 27.2 Å². The van der Waals surface area contributed by atoms with Crippen molar-refractivity contribution in [1.29, 1.82) is 0 Å². The van der Waals surface area contributed by atoms with Crippen LogP contribution in [0.2, 0.25) is 0 Å². The Hall–Kier alpha value is -1.48. The van der Waals surface area contributed by atoms with Crippen molar-refractivity contribution in [1.82, 2.24) is 0 Å². The zero-order valence-electron chi connectivity index (χ0n) is 9.20. The topological polar surface area (TPSA) is 52.3 Å². The van der Waals surface area contributed by atoms with Gasteiger partial charge in [0.05, 0.1) is 12.3 Å². The second-order valence-electron chi connectivity index (χ2n) is 3.75. The third-order valence-electron chi connectivity index (χ3n) is 2.78. The Morgan fingerprint density at radius 3 is 2.40 bits per heavy atom. The summed E-state index contributed by atoms with van der Waals surface area (Å²) in [5, 5.41) is 0. The third kappa shape index (κ3) is 1.59. The number of furan rings is 2. The van der Waals surface area contributed by atoms with E-state index >= 15 is 0 Å². The maximum absolute atomic E-state index is 6.12. The van der Waals surface area contributed by atoms with Crippen LogP contribution >= 0.6 is 0 Å². The van der Waals surface area contributed by atoms with Crippen molar-refractivity contribution in [3.05, 3.63) is 46.8 Å². The fourth-order valence-corrected chi connectivity index (χ4v) is 1.88. The molecule has 0 spiro atoms. The summed E-state index contributed by atoms with van der Waals surface area (Å²) in [7, 11) is 0. The van der Waals surface area contributed by atoms with Gasteiger partial charge in [0.1, 0.15) is 17.3 Å². The number of nitrogens with two attached hydrogens (primary N) is 1. The summed E-state index contributed by atoms with van der Waals surface area (Å²) in [6, 6.07) is 3.48. The largest absolute Gasteiger partial charge is 0.467 e. The second-order valence-corrected chi connectivity index (χ2v) is 3.75. The number of hydrogen-bond acceptors (Lipinski definition) is 3. The highest BCUT2D eigenvalue weighted by molar-refractivity contribution is 5.37. The van der Waals surface area contributed by atoms with Gasteiger partial charge in [0.25, 0.3) is 0 Å². The van der Waals surface area contributed by atoms with E-state index in [2.05, 4.69) is 0 Å². The average Bonchev–Trinajstić information content (AvgIpc) is 2.76. The van der Waals surface area contributed by atoms with Gasteiger partial charge in [-0.05, 0) is 38.5 Å². The lowest BCUT2D eigenvalue weighted by Gasteiger charge is -2.08. The van der Waals surface area contributed by atoms with Crippen molar-refractivity contribution in [2.45, 2.75) is 26.8 Å². The molecule has 2 aromatic heterocycles. The molecule has 2 aromatic rings. The van der Waals surface area contributed by atoms with Crippen LogP contribution in [0.4, 0.5) is 0 Å². The Morgan fingerprint density at radius 2 is 1.93 bits per heavy atom. The van der Waals surface area contributed by atoms with Gasteiger partial charge in [-0.25, -0.2) is 0 Å². The lowest BCUT2D eigenvalue weighted by Crippen LogP contribution is -2.12. The van der Waals surface area contributed by atoms with Gasteiger partial charge < -0.3 is 14.6 Å². The van der Waals surface area contributed by atoms with E-state index in [4.69, 9.17) is 14.6 Å². The molecule has 0 amide bonds. The Bertz CT molecular complexity index is 454. The summed E-state index contributed by atoms with van der Waals surface area (Å²) in [6.45, 7) is 5.89. The molecule has 0 radical (unpaired) electrons. The van der Waals surface area contributed by atoms with Gasteiger partial charge in [0.2, 0.25) is 0 Å². The minimum absolute atomic E-state index is 0.238. The van der Waals surface area contributed by atoms with Gasteiger partial charge in [-0.15, -0.1) is 0 Å². The quantitative estimate of drug-likeness (QED) is 0.820. The lowest BCUT2D eigenvalue weighted by atomic mass is 10.0. The van der Waals surface area contributed by atoms with Crippen molar-refractivity contribution in [3.8, 4) is 0 Å². The minimum Gasteiger partial charge on any atom is -0.467 e. The average molecular weight is 205 g/mol. The molecule has 0 bridgehead atoms. The van der Waals surface area contributed by atoms with Crippen LogP contribution < -0.4 is 5.73 Å². The smallest absolute Gasteiger partial charge is 0.125 e. The maximum Gasteiger partial charge on any atom is 0.125 e. The molecule has 2 N–H and O–H groups in total. The van der Waals surface area contributed by atoms with Crippen LogP contribution in [0.25, 0.3) is 0 Å². The third-order valence-corrected chi connectivity index (χ3v) is 2.78. The van der Waals surface area contributed by atoms with E-state index in [0.29, 0.717) is 0 Å². The van der Waals surface area contributed by atoms with E-state index in [1.54, 1.807) is 6.26 Å². The molecule has 15 heavy (non-hydrogen) atoms. The van der Waals surface area contributed by atoms with Crippen LogP contribution in [0.5, 0.6) is 0 Å². The fourth-order valence-electron chi connectivity index (χ4n) is 1.88. The number of rotatable bonds is 2. The highest BCUT2D eigenvalue weighted by Gasteiger charge is 2.20. The van der Waals surface area contributed by atoms with Gasteiger partial charge in [-0.2, -0.15) is 0 Å². The van der Waals surface area contributed by atoms with Gasteiger partial charge in [-0.1, -0.05) is 0 Å². The van der Waals surface area contributed by atoms with Crippen LogP contribution in [0.1, 0.15) is 34.4 Å². The molecule has 1 atom stereocenters. The van der Waals surface area contributed by atoms with Crippen molar-refractivity contribution < 1.29 is 8.83 Å². The Labute approximate surface area is 88.9 Å². The Morgan fingerprint density at radius 1 is 1.20 bits per heavy atom. The van der Waals surface area contributed by atoms with Gasteiger partial charge >= 0.3 is 0 Å². The summed E-state index contributed by atoms with van der Waals surface area (Å²) in [6.07, 6.45) is 1.63. The first kappa shape index (κ1) is 10.1. The molecular formula is C12H15NO2. The Balaban J connectivity index is 2.46. The molecule has 80 valence electrons. The summed E-state index contributed by atoms with van der Waals surface area (Å²) < 4.78 is 10.8. The van der Waals surface area contributed by atoms with E-state index in [9.17, 15) is 0 Å².